The Morgan fingerprint density at radius 1 is 0.818 bits per heavy atom. The molecule has 10 nitrogen and oxygen atoms in total. The molecule has 0 aliphatic carbocycles. The van der Waals surface area contributed by atoms with E-state index in [0.717, 1.165) is 22.7 Å². The van der Waals surface area contributed by atoms with Crippen molar-refractivity contribution in [3.8, 4) is 0 Å². The van der Waals surface area contributed by atoms with Gasteiger partial charge >= 0.3 is 11.9 Å². The Morgan fingerprint density at radius 3 is 1.58 bits per heavy atom. The molecule has 0 unspecified atom stereocenters. The highest BCUT2D eigenvalue weighted by atomic mass is 32.1. The van der Waals surface area contributed by atoms with Gasteiger partial charge in [0.1, 0.15) is 19.4 Å². The average molecular weight is 489 g/mol. The summed E-state index contributed by atoms with van der Waals surface area (Å²) in [6, 6.07) is 0. The van der Waals surface area contributed by atoms with Crippen molar-refractivity contribution in [1.29, 1.82) is 0 Å². The van der Waals surface area contributed by atoms with E-state index < -0.39 is 11.9 Å². The SMILES string of the molecule is COC(=O)c1sc2ncn(CCCn3cnc4sc(C(=O)OC)c(C)c4c3=O)c(=O)c2c1C. The van der Waals surface area contributed by atoms with Gasteiger partial charge in [-0.25, -0.2) is 19.6 Å². The number of hydrogen-bond acceptors (Lipinski definition) is 10. The second-order valence-corrected chi connectivity index (χ2v) is 9.29. The van der Waals surface area contributed by atoms with E-state index in [1.807, 2.05) is 0 Å². The minimum Gasteiger partial charge on any atom is -0.465 e. The van der Waals surface area contributed by atoms with Crippen LogP contribution in [-0.2, 0) is 22.6 Å². The van der Waals surface area contributed by atoms with Gasteiger partial charge < -0.3 is 9.47 Å². The van der Waals surface area contributed by atoms with Gasteiger partial charge in [-0.05, 0) is 31.4 Å². The molecule has 4 aromatic rings. The Kier molecular flexibility index (Phi) is 6.13. The minimum atomic E-state index is -0.497. The number of ether oxygens (including phenoxy) is 2. The van der Waals surface area contributed by atoms with E-state index >= 15 is 0 Å². The maximum Gasteiger partial charge on any atom is 0.348 e. The van der Waals surface area contributed by atoms with Gasteiger partial charge in [0.15, 0.2) is 0 Å². The predicted octanol–water partition coefficient (Wildman–Crippen LogP) is 2.51. The Labute approximate surface area is 195 Å². The number of carbonyl (C=O) groups is 2. The maximum atomic E-state index is 13.0. The van der Waals surface area contributed by atoms with Gasteiger partial charge in [0.2, 0.25) is 0 Å². The number of aryl methyl sites for hydroxylation is 4. The monoisotopic (exact) mass is 488 g/mol. The van der Waals surface area contributed by atoms with Crippen LogP contribution in [-0.4, -0.2) is 45.3 Å². The number of aromatic nitrogens is 4. The van der Waals surface area contributed by atoms with E-state index in [4.69, 9.17) is 9.47 Å². The van der Waals surface area contributed by atoms with E-state index in [1.165, 1.54) is 36.0 Å². The number of carbonyl (C=O) groups excluding carboxylic acids is 2. The lowest BCUT2D eigenvalue weighted by atomic mass is 10.2. The first-order chi connectivity index (χ1) is 15.8. The van der Waals surface area contributed by atoms with Crippen molar-refractivity contribution in [2.75, 3.05) is 14.2 Å². The molecule has 0 amide bonds. The first-order valence-electron chi connectivity index (χ1n) is 9.92. The Balaban J connectivity index is 1.58. The van der Waals surface area contributed by atoms with Gasteiger partial charge in [-0.3, -0.25) is 18.7 Å². The molecule has 0 atom stereocenters. The van der Waals surface area contributed by atoms with Gasteiger partial charge in [0, 0.05) is 13.1 Å². The van der Waals surface area contributed by atoms with Crippen molar-refractivity contribution < 1.29 is 19.1 Å². The third-order valence-electron chi connectivity index (χ3n) is 5.37. The molecule has 4 aromatic heterocycles. The molecule has 172 valence electrons. The van der Waals surface area contributed by atoms with Crippen LogP contribution in [0.1, 0.15) is 36.9 Å². The summed E-state index contributed by atoms with van der Waals surface area (Å²) in [6.07, 6.45) is 3.36. The number of rotatable bonds is 6. The summed E-state index contributed by atoms with van der Waals surface area (Å²) in [5, 5.41) is 0.791. The highest BCUT2D eigenvalue weighted by Crippen LogP contribution is 2.28. The molecule has 0 aliphatic rings. The number of nitrogens with zero attached hydrogens (tertiary/aromatic N) is 4. The fourth-order valence-electron chi connectivity index (χ4n) is 3.62. The summed E-state index contributed by atoms with van der Waals surface area (Å²) < 4.78 is 12.5. The normalized spacial score (nSPS) is 11.3. The highest BCUT2D eigenvalue weighted by Gasteiger charge is 2.21. The molecular weight excluding hydrogens is 468 g/mol. The predicted molar refractivity (Wildman–Crippen MR) is 125 cm³/mol. The number of esters is 2. The Bertz CT molecular complexity index is 1410. The highest BCUT2D eigenvalue weighted by molar-refractivity contribution is 7.21. The van der Waals surface area contributed by atoms with Crippen LogP contribution in [0.5, 0.6) is 0 Å². The van der Waals surface area contributed by atoms with Crippen LogP contribution in [0.2, 0.25) is 0 Å². The largest absolute Gasteiger partial charge is 0.465 e. The maximum absolute atomic E-state index is 13.0. The lowest BCUT2D eigenvalue weighted by Crippen LogP contribution is -2.24. The molecule has 4 heterocycles. The molecule has 12 heteroatoms. The van der Waals surface area contributed by atoms with E-state index in [9.17, 15) is 19.2 Å². The summed E-state index contributed by atoms with van der Waals surface area (Å²) in [6.45, 7) is 4.05. The second-order valence-electron chi connectivity index (χ2n) is 7.30. The summed E-state index contributed by atoms with van der Waals surface area (Å²) in [5.74, 6) is -0.995. The molecule has 0 saturated heterocycles. The molecule has 0 radical (unpaired) electrons. The van der Waals surface area contributed by atoms with E-state index in [1.54, 1.807) is 13.8 Å². The van der Waals surface area contributed by atoms with Crippen LogP contribution >= 0.6 is 22.7 Å². The van der Waals surface area contributed by atoms with Crippen molar-refractivity contribution in [1.82, 2.24) is 19.1 Å². The molecule has 0 aromatic carbocycles. The van der Waals surface area contributed by atoms with Crippen LogP contribution < -0.4 is 11.1 Å². The molecule has 0 N–H and O–H groups in total. The molecule has 0 bridgehead atoms. The standard InChI is InChI=1S/C21H20N4O6S2/c1-10-12-16(32-14(10)20(28)30-3)22-8-24(18(12)26)6-5-7-25-9-23-17-13(19(25)27)11(2)15(33-17)21(29)31-4/h8-9H,5-7H2,1-4H3. The van der Waals surface area contributed by atoms with Crippen LogP contribution in [0, 0.1) is 13.8 Å². The third kappa shape index (κ3) is 3.85. The number of methoxy groups -OCH3 is 2. The summed E-state index contributed by atoms with van der Waals surface area (Å²) in [4.78, 5) is 60.1. The summed E-state index contributed by atoms with van der Waals surface area (Å²) in [7, 11) is 2.58. The van der Waals surface area contributed by atoms with Crippen LogP contribution in [0.25, 0.3) is 20.4 Å². The smallest absolute Gasteiger partial charge is 0.348 e. The lowest BCUT2D eigenvalue weighted by Gasteiger charge is -2.08. The molecular formula is C21H20N4O6S2. The van der Waals surface area contributed by atoms with Crippen molar-refractivity contribution >= 4 is 55.0 Å². The minimum absolute atomic E-state index is 0.249. The van der Waals surface area contributed by atoms with Crippen LogP contribution in [0.15, 0.2) is 22.2 Å². The first kappa shape index (κ1) is 22.8. The topological polar surface area (TPSA) is 122 Å². The Morgan fingerprint density at radius 2 is 1.21 bits per heavy atom. The van der Waals surface area contributed by atoms with Gasteiger partial charge in [-0.2, -0.15) is 0 Å². The zero-order valence-corrected chi connectivity index (χ0v) is 20.0. The average Bonchev–Trinajstić information content (AvgIpc) is 3.33. The van der Waals surface area contributed by atoms with Gasteiger partial charge in [-0.15, -0.1) is 22.7 Å². The number of hydrogen-bond donors (Lipinski definition) is 0. The van der Waals surface area contributed by atoms with E-state index in [-0.39, 0.29) is 11.1 Å². The fourth-order valence-corrected chi connectivity index (χ4v) is 5.74. The number of thiophene rings is 2. The zero-order valence-electron chi connectivity index (χ0n) is 18.3. The zero-order chi connectivity index (χ0) is 23.9. The van der Waals surface area contributed by atoms with Gasteiger partial charge in [-0.1, -0.05) is 0 Å². The molecule has 0 saturated carbocycles. The van der Waals surface area contributed by atoms with Crippen LogP contribution in [0.4, 0.5) is 0 Å². The van der Waals surface area contributed by atoms with Gasteiger partial charge in [0.25, 0.3) is 11.1 Å². The summed E-state index contributed by atoms with van der Waals surface area (Å²) in [5.41, 5.74) is 0.602. The molecule has 4 rings (SSSR count). The lowest BCUT2D eigenvalue weighted by molar-refractivity contribution is 0.0596. The van der Waals surface area contributed by atoms with E-state index in [0.29, 0.717) is 60.8 Å². The molecule has 0 spiro atoms. The molecule has 33 heavy (non-hydrogen) atoms. The van der Waals surface area contributed by atoms with Crippen molar-refractivity contribution in [3.05, 3.63) is 54.2 Å². The van der Waals surface area contributed by atoms with Crippen molar-refractivity contribution in [2.24, 2.45) is 0 Å². The first-order valence-corrected chi connectivity index (χ1v) is 11.6. The second kappa shape index (κ2) is 8.87. The third-order valence-corrected chi connectivity index (χ3v) is 7.73. The fraction of sp³-hybridized carbons (Fsp3) is 0.333. The molecule has 0 fully saturated rings. The molecule has 0 aliphatic heterocycles. The van der Waals surface area contributed by atoms with E-state index in [2.05, 4.69) is 9.97 Å². The number of fused-ring (bicyclic) bond motifs is 2. The summed E-state index contributed by atoms with van der Waals surface area (Å²) >= 11 is 2.25. The Hall–Kier alpha value is -3.38. The van der Waals surface area contributed by atoms with Crippen LogP contribution in [0.3, 0.4) is 0 Å². The van der Waals surface area contributed by atoms with Crippen molar-refractivity contribution in [3.63, 3.8) is 0 Å². The van der Waals surface area contributed by atoms with Crippen molar-refractivity contribution in [2.45, 2.75) is 33.4 Å². The van der Waals surface area contributed by atoms with Gasteiger partial charge in [0.05, 0.1) is 37.6 Å². The quantitative estimate of drug-likeness (QED) is 0.380.